The van der Waals surface area contributed by atoms with Crippen LogP contribution in [-0.4, -0.2) is 0 Å². The first-order valence-electron chi connectivity index (χ1n) is 18.9. The third-order valence-electron chi connectivity index (χ3n) is 9.77. The monoisotopic (exact) mass is 627 g/mol. The van der Waals surface area contributed by atoms with Crippen molar-refractivity contribution in [1.82, 2.24) is 0 Å². The second-order valence-electron chi connectivity index (χ2n) is 12.4. The van der Waals surface area contributed by atoms with Gasteiger partial charge in [-0.3, -0.25) is 0 Å². The Labute approximate surface area is 291 Å². The summed E-state index contributed by atoms with van der Waals surface area (Å²) in [5.41, 5.74) is 9.05. The van der Waals surface area contributed by atoms with Gasteiger partial charge in [0.05, 0.1) is 6.85 Å². The van der Waals surface area contributed by atoms with E-state index in [1.807, 2.05) is 54.6 Å². The summed E-state index contributed by atoms with van der Waals surface area (Å²) in [5, 5.41) is 7.86. The van der Waals surface area contributed by atoms with Gasteiger partial charge in [-0.15, -0.1) is 0 Å². The third kappa shape index (κ3) is 4.26. The molecule has 1 heterocycles. The van der Waals surface area contributed by atoms with Crippen molar-refractivity contribution in [3.8, 4) is 44.5 Å². The average molecular weight is 628 g/mol. The van der Waals surface area contributed by atoms with E-state index >= 15 is 0 Å². The summed E-state index contributed by atoms with van der Waals surface area (Å²) in [6, 6.07) is 50.4. The van der Waals surface area contributed by atoms with E-state index in [0.717, 1.165) is 87.6 Å². The van der Waals surface area contributed by atoms with Crippen molar-refractivity contribution >= 4 is 54.3 Å². The van der Waals surface area contributed by atoms with Crippen LogP contribution in [0.5, 0.6) is 0 Å². The first-order chi connectivity index (χ1) is 26.4. The molecule has 0 saturated carbocycles. The van der Waals surface area contributed by atoms with Crippen molar-refractivity contribution in [2.45, 2.75) is 0 Å². The molecule has 0 unspecified atom stereocenters. The molecular formula is C48H30O. The van der Waals surface area contributed by atoms with Gasteiger partial charge < -0.3 is 4.42 Å². The van der Waals surface area contributed by atoms with Crippen LogP contribution in [0.1, 0.15) is 6.85 Å². The van der Waals surface area contributed by atoms with E-state index in [1.54, 1.807) is 0 Å². The zero-order chi connectivity index (χ0) is 36.7. The van der Waals surface area contributed by atoms with Gasteiger partial charge in [0, 0.05) is 16.3 Å². The minimum absolute atomic E-state index is 0.204. The number of benzene rings is 9. The van der Waals surface area contributed by atoms with Crippen molar-refractivity contribution < 1.29 is 11.3 Å². The predicted molar refractivity (Wildman–Crippen MR) is 208 cm³/mol. The van der Waals surface area contributed by atoms with Crippen molar-refractivity contribution in [1.29, 1.82) is 0 Å². The van der Waals surface area contributed by atoms with Gasteiger partial charge >= 0.3 is 0 Å². The number of hydrogen-bond acceptors (Lipinski definition) is 1. The summed E-state index contributed by atoms with van der Waals surface area (Å²) < 4.78 is 49.5. The fourth-order valence-electron chi connectivity index (χ4n) is 7.77. The maximum atomic E-state index is 8.94. The van der Waals surface area contributed by atoms with E-state index in [0.29, 0.717) is 5.56 Å². The maximum absolute atomic E-state index is 8.94. The molecular weight excluding hydrogens is 593 g/mol. The SMILES string of the molecule is [2H]c1c([2H])c([2H])c(-c2c3ccccc3c(-c3cccc4c(-c5ccc6oc7ccccc7c6c5-c5ccccc5)cccc34)c3ccccc23)c([2H])c1[2H]. The molecule has 0 aliphatic carbocycles. The van der Waals surface area contributed by atoms with Gasteiger partial charge in [-0.05, 0) is 89.5 Å². The number of hydrogen-bond donors (Lipinski definition) is 0. The standard InChI is InChI=1S/C48H30O/c1-3-15-31(16-4-1)45-37-19-7-9-21-39(37)47(40-22-10-8-20-38(40)45)36-27-14-24-33-34(36)25-13-26-35(33)41-29-30-44-48(42-23-11-12-28-43(42)49-44)46(41)32-17-5-2-6-18-32/h1-30H/i1D,3D,4D,15D,16D. The molecule has 0 N–H and O–H groups in total. The zero-order valence-electron chi connectivity index (χ0n) is 31.3. The Bertz CT molecular complexity index is 3080. The quantitative estimate of drug-likeness (QED) is 0.177. The lowest BCUT2D eigenvalue weighted by Gasteiger charge is -2.20. The van der Waals surface area contributed by atoms with Crippen molar-refractivity contribution in [2.24, 2.45) is 0 Å². The van der Waals surface area contributed by atoms with Crippen LogP contribution >= 0.6 is 0 Å². The summed E-state index contributed by atoms with van der Waals surface area (Å²) in [5.74, 6) is 0. The summed E-state index contributed by atoms with van der Waals surface area (Å²) in [4.78, 5) is 0. The normalized spacial score (nSPS) is 13.1. The van der Waals surface area contributed by atoms with E-state index in [2.05, 4.69) is 97.1 Å². The average Bonchev–Trinajstić information content (AvgIpc) is 3.60. The molecule has 0 amide bonds. The van der Waals surface area contributed by atoms with Crippen LogP contribution in [-0.2, 0) is 0 Å². The molecule has 49 heavy (non-hydrogen) atoms. The maximum Gasteiger partial charge on any atom is 0.136 e. The molecule has 228 valence electrons. The summed E-state index contributed by atoms with van der Waals surface area (Å²) in [7, 11) is 0. The van der Waals surface area contributed by atoms with Crippen molar-refractivity contribution in [3.63, 3.8) is 0 Å². The lowest BCUT2D eigenvalue weighted by molar-refractivity contribution is 0.669. The Hall–Kier alpha value is -6.44. The van der Waals surface area contributed by atoms with Crippen molar-refractivity contribution in [2.75, 3.05) is 0 Å². The number of furan rings is 1. The van der Waals surface area contributed by atoms with Crippen LogP contribution in [0.2, 0.25) is 0 Å². The van der Waals surface area contributed by atoms with Crippen LogP contribution in [0.3, 0.4) is 0 Å². The highest BCUT2D eigenvalue weighted by molar-refractivity contribution is 6.24. The first kappa shape index (κ1) is 23.0. The van der Waals surface area contributed by atoms with Gasteiger partial charge in [0.15, 0.2) is 0 Å². The van der Waals surface area contributed by atoms with Crippen LogP contribution < -0.4 is 0 Å². The molecule has 1 nitrogen and oxygen atoms in total. The lowest BCUT2D eigenvalue weighted by Crippen LogP contribution is -1.92. The van der Waals surface area contributed by atoms with Gasteiger partial charge in [0.2, 0.25) is 0 Å². The molecule has 0 spiro atoms. The molecule has 10 aromatic rings. The summed E-state index contributed by atoms with van der Waals surface area (Å²) >= 11 is 0. The number of fused-ring (bicyclic) bond motifs is 6. The Kier molecular flexibility index (Phi) is 5.20. The van der Waals surface area contributed by atoms with E-state index < -0.39 is 6.04 Å². The second kappa shape index (κ2) is 11.1. The minimum atomic E-state index is -0.402. The van der Waals surface area contributed by atoms with Gasteiger partial charge in [-0.25, -0.2) is 0 Å². The number of para-hydroxylation sites is 1. The highest BCUT2D eigenvalue weighted by Crippen LogP contribution is 2.48. The van der Waals surface area contributed by atoms with Crippen molar-refractivity contribution in [3.05, 3.63) is 182 Å². The fourth-order valence-corrected chi connectivity index (χ4v) is 7.77. The smallest absolute Gasteiger partial charge is 0.136 e. The van der Waals surface area contributed by atoms with Crippen LogP contribution in [0.15, 0.2) is 186 Å². The Morgan fingerprint density at radius 3 is 1.57 bits per heavy atom. The largest absolute Gasteiger partial charge is 0.456 e. The molecule has 0 aliphatic rings. The highest BCUT2D eigenvalue weighted by Gasteiger charge is 2.21. The second-order valence-corrected chi connectivity index (χ2v) is 12.4. The molecule has 9 aromatic carbocycles. The molecule has 1 aromatic heterocycles. The molecule has 0 radical (unpaired) electrons. The van der Waals surface area contributed by atoms with Gasteiger partial charge in [-0.2, -0.15) is 0 Å². The Morgan fingerprint density at radius 1 is 0.327 bits per heavy atom. The molecule has 0 saturated heterocycles. The topological polar surface area (TPSA) is 13.1 Å². The van der Waals surface area contributed by atoms with Gasteiger partial charge in [0.1, 0.15) is 11.2 Å². The molecule has 0 atom stereocenters. The van der Waals surface area contributed by atoms with Gasteiger partial charge in [0.25, 0.3) is 0 Å². The summed E-state index contributed by atoms with van der Waals surface area (Å²) in [6.45, 7) is 0. The van der Waals surface area contributed by atoms with Crippen LogP contribution in [0, 0.1) is 0 Å². The minimum Gasteiger partial charge on any atom is -0.456 e. The third-order valence-corrected chi connectivity index (χ3v) is 9.77. The zero-order valence-corrected chi connectivity index (χ0v) is 26.3. The van der Waals surface area contributed by atoms with Crippen LogP contribution in [0.25, 0.3) is 98.8 Å². The fraction of sp³-hybridized carbons (Fsp3) is 0. The summed E-state index contributed by atoms with van der Waals surface area (Å²) in [6.07, 6.45) is 0. The molecule has 0 aliphatic heterocycles. The highest BCUT2D eigenvalue weighted by atomic mass is 16.3. The van der Waals surface area contributed by atoms with E-state index in [-0.39, 0.29) is 29.7 Å². The van der Waals surface area contributed by atoms with E-state index in [9.17, 15) is 0 Å². The molecule has 0 bridgehead atoms. The van der Waals surface area contributed by atoms with Crippen LogP contribution in [0.4, 0.5) is 0 Å². The number of rotatable bonds is 4. The van der Waals surface area contributed by atoms with Gasteiger partial charge in [-0.1, -0.05) is 164 Å². The Balaban J connectivity index is 1.30. The lowest BCUT2D eigenvalue weighted by atomic mass is 9.83. The first-order valence-corrected chi connectivity index (χ1v) is 16.4. The predicted octanol–water partition coefficient (Wildman–Crippen LogP) is 13.7. The molecule has 1 heteroatoms. The Morgan fingerprint density at radius 2 is 0.878 bits per heavy atom. The molecule has 0 fully saturated rings. The molecule has 10 rings (SSSR count). The van der Waals surface area contributed by atoms with E-state index in [1.165, 1.54) is 0 Å². The van der Waals surface area contributed by atoms with E-state index in [4.69, 9.17) is 11.3 Å².